The highest BCUT2D eigenvalue weighted by Crippen LogP contribution is 2.38. The van der Waals surface area contributed by atoms with Gasteiger partial charge >= 0.3 is 0 Å². The van der Waals surface area contributed by atoms with Gasteiger partial charge in [-0.1, -0.05) is 6.07 Å². The van der Waals surface area contributed by atoms with Crippen molar-refractivity contribution in [2.45, 2.75) is 18.9 Å². The van der Waals surface area contributed by atoms with E-state index >= 15 is 0 Å². The van der Waals surface area contributed by atoms with Crippen molar-refractivity contribution in [2.75, 3.05) is 32.6 Å². The van der Waals surface area contributed by atoms with E-state index in [9.17, 15) is 4.79 Å². The van der Waals surface area contributed by atoms with Gasteiger partial charge < -0.3 is 14.8 Å². The van der Waals surface area contributed by atoms with Crippen molar-refractivity contribution in [3.8, 4) is 11.5 Å². The Hall–Kier alpha value is -2.54. The SMILES string of the molecule is COc1ccc([C@H]2CCCN2CC(=O)Nc2cnn(C)c2)c(OC)c1. The lowest BCUT2D eigenvalue weighted by Crippen LogP contribution is -2.33. The molecule has 1 amide bonds. The zero-order valence-corrected chi connectivity index (χ0v) is 14.9. The van der Waals surface area contributed by atoms with Gasteiger partial charge in [0, 0.05) is 30.9 Å². The number of likely N-dealkylation sites (tertiary alicyclic amines) is 1. The molecule has 7 heteroatoms. The average molecular weight is 344 g/mol. The van der Waals surface area contributed by atoms with Gasteiger partial charge in [0.05, 0.1) is 32.6 Å². The van der Waals surface area contributed by atoms with E-state index in [2.05, 4.69) is 15.3 Å². The molecule has 7 nitrogen and oxygen atoms in total. The highest BCUT2D eigenvalue weighted by molar-refractivity contribution is 5.92. The number of carbonyl (C=O) groups is 1. The Morgan fingerprint density at radius 3 is 2.88 bits per heavy atom. The molecular formula is C18H24N4O3. The third-order valence-electron chi connectivity index (χ3n) is 4.50. The molecule has 1 aliphatic rings. The summed E-state index contributed by atoms with van der Waals surface area (Å²) in [5, 5.41) is 6.96. The lowest BCUT2D eigenvalue weighted by molar-refractivity contribution is -0.117. The summed E-state index contributed by atoms with van der Waals surface area (Å²) < 4.78 is 12.5. The number of aromatic nitrogens is 2. The number of anilines is 1. The monoisotopic (exact) mass is 344 g/mol. The third-order valence-corrected chi connectivity index (χ3v) is 4.50. The van der Waals surface area contributed by atoms with Crippen molar-refractivity contribution in [1.29, 1.82) is 0 Å². The Bertz CT molecular complexity index is 744. The predicted molar refractivity (Wildman–Crippen MR) is 94.9 cm³/mol. The van der Waals surface area contributed by atoms with Crippen LogP contribution in [0.2, 0.25) is 0 Å². The minimum Gasteiger partial charge on any atom is -0.497 e. The number of nitrogens with one attached hydrogen (secondary N) is 1. The van der Waals surface area contributed by atoms with Crippen LogP contribution in [-0.4, -0.2) is 47.9 Å². The molecule has 1 N–H and O–H groups in total. The first-order valence-corrected chi connectivity index (χ1v) is 8.35. The van der Waals surface area contributed by atoms with Gasteiger partial charge in [0.2, 0.25) is 5.91 Å². The molecule has 2 heterocycles. The largest absolute Gasteiger partial charge is 0.497 e. The van der Waals surface area contributed by atoms with Crippen LogP contribution in [0.15, 0.2) is 30.6 Å². The van der Waals surface area contributed by atoms with Crippen molar-refractivity contribution in [2.24, 2.45) is 7.05 Å². The Balaban J connectivity index is 1.71. The maximum atomic E-state index is 12.4. The molecule has 0 unspecified atom stereocenters. The predicted octanol–water partition coefficient (Wildman–Crippen LogP) is 2.21. The van der Waals surface area contributed by atoms with E-state index in [4.69, 9.17) is 9.47 Å². The van der Waals surface area contributed by atoms with Gasteiger partial charge in [-0.15, -0.1) is 0 Å². The van der Waals surface area contributed by atoms with Crippen LogP contribution in [0.25, 0.3) is 0 Å². The van der Waals surface area contributed by atoms with Crippen molar-refractivity contribution in [3.05, 3.63) is 36.2 Å². The molecule has 1 aromatic carbocycles. The Labute approximate surface area is 147 Å². The molecule has 0 saturated carbocycles. The number of nitrogens with zero attached hydrogens (tertiary/aromatic N) is 3. The maximum Gasteiger partial charge on any atom is 0.238 e. The second kappa shape index (κ2) is 7.57. The van der Waals surface area contributed by atoms with Gasteiger partial charge in [-0.3, -0.25) is 14.4 Å². The summed E-state index contributed by atoms with van der Waals surface area (Å²) >= 11 is 0. The molecular weight excluding hydrogens is 320 g/mol. The molecule has 0 radical (unpaired) electrons. The summed E-state index contributed by atoms with van der Waals surface area (Å²) in [5.41, 5.74) is 1.81. The number of hydrogen-bond acceptors (Lipinski definition) is 5. The highest BCUT2D eigenvalue weighted by atomic mass is 16.5. The second-order valence-electron chi connectivity index (χ2n) is 6.19. The second-order valence-corrected chi connectivity index (χ2v) is 6.19. The Kier molecular flexibility index (Phi) is 5.23. The summed E-state index contributed by atoms with van der Waals surface area (Å²) in [5.74, 6) is 1.52. The molecule has 25 heavy (non-hydrogen) atoms. The van der Waals surface area contributed by atoms with Crippen molar-refractivity contribution in [3.63, 3.8) is 0 Å². The minimum atomic E-state index is -0.0348. The fourth-order valence-corrected chi connectivity index (χ4v) is 3.33. The van der Waals surface area contributed by atoms with Crippen LogP contribution >= 0.6 is 0 Å². The molecule has 1 saturated heterocycles. The summed E-state index contributed by atoms with van der Waals surface area (Å²) in [6, 6.07) is 6.02. The standard InChI is InChI=1S/C18H24N4O3/c1-21-11-13(10-19-21)20-18(23)12-22-8-4-5-16(22)15-7-6-14(24-2)9-17(15)25-3/h6-7,9-11,16H,4-5,8,12H2,1-3H3,(H,20,23)/t16-/m1/s1. The molecule has 0 bridgehead atoms. The van der Waals surface area contributed by atoms with Gasteiger partial charge in [-0.05, 0) is 25.5 Å². The zero-order valence-electron chi connectivity index (χ0n) is 14.9. The molecule has 1 atom stereocenters. The van der Waals surface area contributed by atoms with Gasteiger partial charge in [-0.2, -0.15) is 5.10 Å². The molecule has 3 rings (SSSR count). The molecule has 0 aliphatic carbocycles. The molecule has 134 valence electrons. The first-order chi connectivity index (χ1) is 12.1. The van der Waals surface area contributed by atoms with E-state index in [0.29, 0.717) is 12.2 Å². The van der Waals surface area contributed by atoms with Gasteiger partial charge in [0.1, 0.15) is 11.5 Å². The van der Waals surface area contributed by atoms with Crippen LogP contribution in [-0.2, 0) is 11.8 Å². The van der Waals surface area contributed by atoms with Crippen molar-refractivity contribution >= 4 is 11.6 Å². The fourth-order valence-electron chi connectivity index (χ4n) is 3.33. The smallest absolute Gasteiger partial charge is 0.238 e. The molecule has 1 fully saturated rings. The number of carbonyl (C=O) groups excluding carboxylic acids is 1. The van der Waals surface area contributed by atoms with Crippen LogP contribution in [0.1, 0.15) is 24.4 Å². The summed E-state index contributed by atoms with van der Waals surface area (Å²) in [7, 11) is 5.12. The molecule has 1 aliphatic heterocycles. The number of ether oxygens (including phenoxy) is 2. The quantitative estimate of drug-likeness (QED) is 0.870. The van der Waals surface area contributed by atoms with Crippen LogP contribution in [0.3, 0.4) is 0 Å². The van der Waals surface area contributed by atoms with Gasteiger partial charge in [0.15, 0.2) is 0 Å². The van der Waals surface area contributed by atoms with E-state index in [1.807, 2.05) is 25.2 Å². The average Bonchev–Trinajstić information content (AvgIpc) is 3.23. The van der Waals surface area contributed by atoms with E-state index in [-0.39, 0.29) is 11.9 Å². The van der Waals surface area contributed by atoms with E-state index in [0.717, 1.165) is 36.4 Å². The molecule has 1 aromatic heterocycles. The molecule has 2 aromatic rings. The molecule has 0 spiro atoms. The van der Waals surface area contributed by atoms with Crippen LogP contribution < -0.4 is 14.8 Å². The van der Waals surface area contributed by atoms with E-state index in [1.54, 1.807) is 31.3 Å². The lowest BCUT2D eigenvalue weighted by Gasteiger charge is -2.25. The van der Waals surface area contributed by atoms with Crippen LogP contribution in [0, 0.1) is 0 Å². The topological polar surface area (TPSA) is 68.6 Å². The lowest BCUT2D eigenvalue weighted by atomic mass is 10.0. The van der Waals surface area contributed by atoms with E-state index in [1.165, 1.54) is 0 Å². The van der Waals surface area contributed by atoms with Gasteiger partial charge in [0.25, 0.3) is 0 Å². The van der Waals surface area contributed by atoms with Crippen molar-refractivity contribution in [1.82, 2.24) is 14.7 Å². The number of methoxy groups -OCH3 is 2. The number of hydrogen-bond donors (Lipinski definition) is 1. The Morgan fingerprint density at radius 2 is 2.20 bits per heavy atom. The van der Waals surface area contributed by atoms with Gasteiger partial charge in [-0.25, -0.2) is 0 Å². The van der Waals surface area contributed by atoms with Crippen molar-refractivity contribution < 1.29 is 14.3 Å². The maximum absolute atomic E-state index is 12.4. The minimum absolute atomic E-state index is 0.0348. The number of benzene rings is 1. The first kappa shape index (κ1) is 17.3. The fraction of sp³-hybridized carbons (Fsp3) is 0.444. The first-order valence-electron chi connectivity index (χ1n) is 8.35. The number of rotatable bonds is 6. The van der Waals surface area contributed by atoms with Crippen LogP contribution in [0.4, 0.5) is 5.69 Å². The Morgan fingerprint density at radius 1 is 1.36 bits per heavy atom. The number of amides is 1. The normalized spacial score (nSPS) is 17.5. The highest BCUT2D eigenvalue weighted by Gasteiger charge is 2.29. The van der Waals surface area contributed by atoms with E-state index < -0.39 is 0 Å². The number of aryl methyl sites for hydroxylation is 1. The van der Waals surface area contributed by atoms with Crippen LogP contribution in [0.5, 0.6) is 11.5 Å². The summed E-state index contributed by atoms with van der Waals surface area (Å²) in [6.07, 6.45) is 5.49. The summed E-state index contributed by atoms with van der Waals surface area (Å²) in [4.78, 5) is 14.6. The zero-order chi connectivity index (χ0) is 17.8. The summed E-state index contributed by atoms with van der Waals surface area (Å²) in [6.45, 7) is 1.23. The third kappa shape index (κ3) is 3.93.